The second kappa shape index (κ2) is 17.4. The highest BCUT2D eigenvalue weighted by Gasteiger charge is 2.54. The van der Waals surface area contributed by atoms with E-state index < -0.39 is 5.41 Å². The third kappa shape index (κ3) is 6.25. The maximum Gasteiger partial charge on any atom is 0.159 e. The van der Waals surface area contributed by atoms with Gasteiger partial charge in [0.25, 0.3) is 0 Å². The van der Waals surface area contributed by atoms with Gasteiger partial charge in [0.2, 0.25) is 0 Å². The Morgan fingerprint density at radius 2 is 0.753 bits per heavy atom. The summed E-state index contributed by atoms with van der Waals surface area (Å²) in [6, 6.07) is 94.5. The summed E-state index contributed by atoms with van der Waals surface area (Å²) in [4.78, 5) is 4.85. The standard InChI is InChI=1S/C77H52N2O2/c1-3-47-23-19-35-59-61-37-21-41-67(75(61)80-73(47)59)78(49-25-7-5-8-26-49)51-43-44-58-63(45-51)52-29-11-13-33-56(52)70-64-46-69(79(50-27-9-6-10-28-50)68-42-22-38-62-60-36-20-24-48(4-2)74(60)81-76(62)68)55-32-12-14-34-57(55)71(64)77(72(58)70)65-39-17-15-30-53(65)54-31-16-18-40-66(54)77/h5-46H,3-4H2,1-2H3. The van der Waals surface area contributed by atoms with Crippen LogP contribution in [0.3, 0.4) is 0 Å². The van der Waals surface area contributed by atoms with Crippen molar-refractivity contribution in [3.63, 3.8) is 0 Å². The highest BCUT2D eigenvalue weighted by atomic mass is 16.3. The van der Waals surface area contributed by atoms with Crippen LogP contribution in [-0.4, -0.2) is 0 Å². The molecule has 4 heteroatoms. The van der Waals surface area contributed by atoms with Crippen molar-refractivity contribution < 1.29 is 8.83 Å². The van der Waals surface area contributed by atoms with E-state index in [9.17, 15) is 0 Å². The Kier molecular flexibility index (Phi) is 9.85. The van der Waals surface area contributed by atoms with Gasteiger partial charge in [-0.1, -0.05) is 214 Å². The SMILES string of the molecule is CCc1cccc2c1oc1c(N(c3ccccc3)c3ccc4c5c(c6ccccc6c4c3)-c3cc(N(c4ccccc4)c4cccc6c4oc4c(CC)cccc46)c4ccccc4c3C53c4ccccc4-c4ccccc43)cccc12. The molecule has 4 nitrogen and oxygen atoms in total. The predicted octanol–water partition coefficient (Wildman–Crippen LogP) is 21.4. The van der Waals surface area contributed by atoms with E-state index in [1.807, 2.05) is 0 Å². The molecule has 0 radical (unpaired) electrons. The van der Waals surface area contributed by atoms with E-state index in [1.165, 1.54) is 82.6 Å². The number of furan rings is 2. The lowest BCUT2D eigenvalue weighted by molar-refractivity contribution is 0.663. The van der Waals surface area contributed by atoms with Gasteiger partial charge in [-0.05, 0) is 150 Å². The minimum Gasteiger partial charge on any atom is -0.454 e. The Morgan fingerprint density at radius 1 is 0.296 bits per heavy atom. The van der Waals surface area contributed by atoms with Crippen LogP contribution in [-0.2, 0) is 18.3 Å². The van der Waals surface area contributed by atoms with E-state index in [1.54, 1.807) is 0 Å². The van der Waals surface area contributed by atoms with Gasteiger partial charge >= 0.3 is 0 Å². The van der Waals surface area contributed by atoms with Crippen molar-refractivity contribution in [2.24, 2.45) is 0 Å². The molecule has 382 valence electrons. The van der Waals surface area contributed by atoms with Crippen LogP contribution in [0.25, 0.3) is 98.4 Å². The van der Waals surface area contributed by atoms with E-state index in [0.717, 1.165) is 96.2 Å². The lowest BCUT2D eigenvalue weighted by atomic mass is 9.68. The molecule has 0 bridgehead atoms. The fraction of sp³-hybridized carbons (Fsp3) is 0.0649. The van der Waals surface area contributed by atoms with Crippen molar-refractivity contribution in [1.29, 1.82) is 0 Å². The van der Waals surface area contributed by atoms with Crippen LogP contribution in [0.5, 0.6) is 0 Å². The number of benzene rings is 13. The molecule has 0 atom stereocenters. The number of rotatable bonds is 8. The van der Waals surface area contributed by atoms with Crippen LogP contribution in [0, 0.1) is 0 Å². The minimum absolute atomic E-state index is 0.692. The third-order valence-corrected chi connectivity index (χ3v) is 17.9. The largest absolute Gasteiger partial charge is 0.454 e. The van der Waals surface area contributed by atoms with Crippen molar-refractivity contribution in [3.8, 4) is 22.3 Å². The number of nitrogens with zero attached hydrogens (tertiary/aromatic N) is 2. The number of anilines is 6. The first kappa shape index (κ1) is 45.8. The zero-order valence-electron chi connectivity index (χ0n) is 44.9. The van der Waals surface area contributed by atoms with Gasteiger partial charge in [-0.15, -0.1) is 0 Å². The van der Waals surface area contributed by atoms with Crippen molar-refractivity contribution in [2.75, 3.05) is 9.80 Å². The predicted molar refractivity (Wildman–Crippen MR) is 338 cm³/mol. The van der Waals surface area contributed by atoms with E-state index >= 15 is 0 Å². The van der Waals surface area contributed by atoms with Crippen molar-refractivity contribution in [2.45, 2.75) is 32.1 Å². The summed E-state index contributed by atoms with van der Waals surface area (Å²) in [6.45, 7) is 4.41. The van der Waals surface area contributed by atoms with Gasteiger partial charge in [-0.25, -0.2) is 0 Å². The number of hydrogen-bond donors (Lipinski definition) is 0. The molecule has 0 saturated heterocycles. The van der Waals surface area contributed by atoms with Crippen LogP contribution in [0.15, 0.2) is 264 Å². The third-order valence-electron chi connectivity index (χ3n) is 17.9. The van der Waals surface area contributed by atoms with Gasteiger partial charge in [0.15, 0.2) is 11.2 Å². The lowest BCUT2D eigenvalue weighted by Crippen LogP contribution is -2.26. The fourth-order valence-electron chi connectivity index (χ4n) is 14.7. The summed E-state index contributed by atoms with van der Waals surface area (Å²) in [6.07, 6.45) is 1.77. The normalized spacial score (nSPS) is 13.0. The number of para-hydroxylation sites is 6. The first-order valence-corrected chi connectivity index (χ1v) is 28.5. The Bertz CT molecular complexity index is 5060. The smallest absolute Gasteiger partial charge is 0.159 e. The molecule has 0 saturated carbocycles. The van der Waals surface area contributed by atoms with Crippen LogP contribution < -0.4 is 9.80 Å². The second-order valence-corrected chi connectivity index (χ2v) is 21.9. The van der Waals surface area contributed by atoms with E-state index in [4.69, 9.17) is 8.83 Å². The summed E-state index contributed by atoms with van der Waals surface area (Å²) in [5, 5.41) is 11.7. The van der Waals surface area contributed by atoms with Crippen molar-refractivity contribution in [1.82, 2.24) is 0 Å². The zero-order chi connectivity index (χ0) is 53.5. The topological polar surface area (TPSA) is 32.8 Å². The summed E-state index contributed by atoms with van der Waals surface area (Å²) < 4.78 is 14.2. The minimum atomic E-state index is -0.692. The molecule has 0 fully saturated rings. The van der Waals surface area contributed by atoms with Gasteiger partial charge in [0.1, 0.15) is 11.2 Å². The average molecular weight is 1040 g/mol. The summed E-state index contributed by atoms with van der Waals surface area (Å²) in [7, 11) is 0. The Labute approximate surface area is 469 Å². The molecular formula is C77H52N2O2. The summed E-state index contributed by atoms with van der Waals surface area (Å²) in [5.74, 6) is 0. The second-order valence-electron chi connectivity index (χ2n) is 21.9. The zero-order valence-corrected chi connectivity index (χ0v) is 44.9. The van der Waals surface area contributed by atoms with E-state index in [0.29, 0.717) is 0 Å². The monoisotopic (exact) mass is 1040 g/mol. The first-order chi connectivity index (χ1) is 40.1. The van der Waals surface area contributed by atoms with Crippen LogP contribution in [0.2, 0.25) is 0 Å². The van der Waals surface area contributed by atoms with Crippen LogP contribution >= 0.6 is 0 Å². The quantitative estimate of drug-likeness (QED) is 0.142. The van der Waals surface area contributed by atoms with Crippen molar-refractivity contribution in [3.05, 3.63) is 288 Å². The van der Waals surface area contributed by atoms with Crippen LogP contribution in [0.4, 0.5) is 34.1 Å². The highest BCUT2D eigenvalue weighted by molar-refractivity contribution is 6.24. The molecule has 2 aromatic heterocycles. The number of aryl methyl sites for hydroxylation is 2. The molecule has 0 amide bonds. The molecule has 2 heterocycles. The molecule has 0 unspecified atom stereocenters. The lowest BCUT2D eigenvalue weighted by Gasteiger charge is -2.34. The van der Waals surface area contributed by atoms with Gasteiger partial charge in [0, 0.05) is 44.0 Å². The Hall–Kier alpha value is -10.2. The molecule has 2 aliphatic rings. The number of hydrogen-bond acceptors (Lipinski definition) is 4. The average Bonchev–Trinajstić information content (AvgIpc) is 2.20. The van der Waals surface area contributed by atoms with E-state index in [2.05, 4.69) is 278 Å². The van der Waals surface area contributed by atoms with Crippen LogP contribution in [0.1, 0.15) is 47.2 Å². The molecule has 1 spiro atoms. The van der Waals surface area contributed by atoms with E-state index in [-0.39, 0.29) is 0 Å². The van der Waals surface area contributed by atoms with Gasteiger partial charge < -0.3 is 18.6 Å². The molecule has 81 heavy (non-hydrogen) atoms. The molecule has 15 aromatic rings. The summed E-state index contributed by atoms with van der Waals surface area (Å²) >= 11 is 0. The molecular weight excluding hydrogens is 985 g/mol. The fourth-order valence-corrected chi connectivity index (χ4v) is 14.7. The molecule has 2 aliphatic carbocycles. The van der Waals surface area contributed by atoms with Gasteiger partial charge in [0.05, 0.1) is 22.5 Å². The molecule has 0 N–H and O–H groups in total. The Morgan fingerprint density at radius 3 is 1.35 bits per heavy atom. The van der Waals surface area contributed by atoms with Crippen molar-refractivity contribution >= 4 is 110 Å². The maximum absolute atomic E-state index is 7.13. The molecule has 17 rings (SSSR count). The van der Waals surface area contributed by atoms with Gasteiger partial charge in [-0.2, -0.15) is 0 Å². The Balaban J connectivity index is 0.997. The highest BCUT2D eigenvalue weighted by Crippen LogP contribution is 2.68. The molecule has 0 aliphatic heterocycles. The molecule has 13 aromatic carbocycles. The maximum atomic E-state index is 7.13. The summed E-state index contributed by atoms with van der Waals surface area (Å²) in [5.41, 5.74) is 21.9. The van der Waals surface area contributed by atoms with Gasteiger partial charge in [-0.3, -0.25) is 0 Å². The number of fused-ring (bicyclic) bond motifs is 23. The first-order valence-electron chi connectivity index (χ1n) is 28.5.